The predicted octanol–water partition coefficient (Wildman–Crippen LogP) is 3.79. The Labute approximate surface area is 141 Å². The van der Waals surface area contributed by atoms with Crippen LogP contribution >= 0.6 is 11.6 Å². The molecule has 0 aromatic heterocycles. The van der Waals surface area contributed by atoms with Crippen molar-refractivity contribution in [1.82, 2.24) is 5.43 Å². The maximum Gasteiger partial charge on any atom is 0.277 e. The van der Waals surface area contributed by atoms with E-state index in [0.29, 0.717) is 10.8 Å². The molecule has 0 saturated heterocycles. The number of carbonyl (C=O) groups is 1. The fraction of sp³-hybridized carbons (Fsp3) is 0.222. The van der Waals surface area contributed by atoms with Gasteiger partial charge in [0.05, 0.1) is 6.21 Å². The van der Waals surface area contributed by atoms with Gasteiger partial charge in [-0.3, -0.25) is 4.79 Å². The summed E-state index contributed by atoms with van der Waals surface area (Å²) in [5, 5.41) is 4.62. The van der Waals surface area contributed by atoms with E-state index in [4.69, 9.17) is 16.3 Å². The molecule has 2 aromatic carbocycles. The van der Waals surface area contributed by atoms with Gasteiger partial charge < -0.3 is 4.74 Å². The summed E-state index contributed by atoms with van der Waals surface area (Å²) in [4.78, 5) is 11.7. The van der Waals surface area contributed by atoms with Crippen LogP contribution in [0.25, 0.3) is 0 Å². The van der Waals surface area contributed by atoms with Crippen molar-refractivity contribution in [1.29, 1.82) is 0 Å². The monoisotopic (exact) mass is 330 g/mol. The van der Waals surface area contributed by atoms with Crippen molar-refractivity contribution < 1.29 is 9.53 Å². The van der Waals surface area contributed by atoms with Gasteiger partial charge in [-0.15, -0.1) is 0 Å². The predicted molar refractivity (Wildman–Crippen MR) is 93.3 cm³/mol. The van der Waals surface area contributed by atoms with Crippen molar-refractivity contribution in [3.05, 3.63) is 63.7 Å². The standard InChI is InChI=1S/C18H19ClN2O2/c1-12-4-6-15(7-5-12)10-20-21-17(22)11-23-16-8-13(2)18(19)14(3)9-16/h4-10H,11H2,1-3H3,(H,21,22)/b20-10-. The molecule has 0 radical (unpaired) electrons. The first-order valence-electron chi connectivity index (χ1n) is 7.24. The lowest BCUT2D eigenvalue weighted by Gasteiger charge is -2.09. The van der Waals surface area contributed by atoms with Crippen LogP contribution in [0, 0.1) is 20.8 Å². The van der Waals surface area contributed by atoms with Gasteiger partial charge in [-0.25, -0.2) is 5.43 Å². The van der Waals surface area contributed by atoms with Crippen LogP contribution in [0.3, 0.4) is 0 Å². The Morgan fingerprint density at radius 3 is 2.39 bits per heavy atom. The molecule has 0 aliphatic carbocycles. The van der Waals surface area contributed by atoms with Crippen LogP contribution in [0.5, 0.6) is 5.75 Å². The number of halogens is 1. The van der Waals surface area contributed by atoms with Gasteiger partial charge in [-0.05, 0) is 49.6 Å². The third-order valence-electron chi connectivity index (χ3n) is 3.26. The molecular weight excluding hydrogens is 312 g/mol. The average molecular weight is 331 g/mol. The minimum Gasteiger partial charge on any atom is -0.484 e. The smallest absolute Gasteiger partial charge is 0.277 e. The van der Waals surface area contributed by atoms with Crippen LogP contribution in [0.15, 0.2) is 41.5 Å². The van der Waals surface area contributed by atoms with E-state index in [1.165, 1.54) is 5.56 Å². The van der Waals surface area contributed by atoms with Crippen LogP contribution in [-0.4, -0.2) is 18.7 Å². The second kappa shape index (κ2) is 7.79. The number of nitrogens with zero attached hydrogens (tertiary/aromatic N) is 1. The average Bonchev–Trinajstić information content (AvgIpc) is 2.52. The van der Waals surface area contributed by atoms with Crippen molar-refractivity contribution >= 4 is 23.7 Å². The van der Waals surface area contributed by atoms with Crippen molar-refractivity contribution in [3.63, 3.8) is 0 Å². The van der Waals surface area contributed by atoms with Crippen molar-refractivity contribution in [3.8, 4) is 5.75 Å². The molecule has 0 bridgehead atoms. The molecule has 0 fully saturated rings. The fourth-order valence-electron chi connectivity index (χ4n) is 2.00. The number of amides is 1. The summed E-state index contributed by atoms with van der Waals surface area (Å²) >= 11 is 6.09. The molecule has 0 heterocycles. The van der Waals surface area contributed by atoms with Crippen LogP contribution in [0.4, 0.5) is 0 Å². The largest absolute Gasteiger partial charge is 0.484 e. The third kappa shape index (κ3) is 5.11. The Kier molecular flexibility index (Phi) is 5.77. The van der Waals surface area contributed by atoms with Gasteiger partial charge in [-0.1, -0.05) is 41.4 Å². The highest BCUT2D eigenvalue weighted by Gasteiger charge is 2.06. The quantitative estimate of drug-likeness (QED) is 0.669. The number of ether oxygens (including phenoxy) is 1. The molecular formula is C18H19ClN2O2. The van der Waals surface area contributed by atoms with Gasteiger partial charge in [0, 0.05) is 5.02 Å². The highest BCUT2D eigenvalue weighted by atomic mass is 35.5. The number of hydrogen-bond donors (Lipinski definition) is 1. The topological polar surface area (TPSA) is 50.7 Å². The maximum absolute atomic E-state index is 11.7. The number of carbonyl (C=O) groups excluding carboxylic acids is 1. The minimum absolute atomic E-state index is 0.105. The SMILES string of the molecule is Cc1ccc(/C=N\NC(=O)COc2cc(C)c(Cl)c(C)c2)cc1. The first-order valence-corrected chi connectivity index (χ1v) is 7.61. The summed E-state index contributed by atoms with van der Waals surface area (Å²) in [6.07, 6.45) is 1.59. The summed E-state index contributed by atoms with van der Waals surface area (Å²) in [7, 11) is 0. The second-order valence-corrected chi connectivity index (χ2v) is 5.74. The zero-order chi connectivity index (χ0) is 16.8. The van der Waals surface area contributed by atoms with Gasteiger partial charge in [0.15, 0.2) is 6.61 Å². The van der Waals surface area contributed by atoms with Crippen LogP contribution in [-0.2, 0) is 4.79 Å². The van der Waals surface area contributed by atoms with E-state index in [1.54, 1.807) is 18.3 Å². The maximum atomic E-state index is 11.7. The van der Waals surface area contributed by atoms with Crippen LogP contribution in [0.1, 0.15) is 22.3 Å². The molecule has 4 nitrogen and oxygen atoms in total. The number of nitrogens with one attached hydrogen (secondary N) is 1. The fourth-order valence-corrected chi connectivity index (χ4v) is 2.11. The van der Waals surface area contributed by atoms with Crippen molar-refractivity contribution in [2.24, 2.45) is 5.10 Å². The van der Waals surface area contributed by atoms with E-state index in [2.05, 4.69) is 10.5 Å². The number of rotatable bonds is 5. The molecule has 1 N–H and O–H groups in total. The summed E-state index contributed by atoms with van der Waals surface area (Å²) < 4.78 is 5.46. The Hall–Kier alpha value is -2.33. The highest BCUT2D eigenvalue weighted by molar-refractivity contribution is 6.32. The number of aryl methyl sites for hydroxylation is 3. The van der Waals surface area contributed by atoms with Gasteiger partial charge in [0.25, 0.3) is 5.91 Å². The van der Waals surface area contributed by atoms with E-state index in [0.717, 1.165) is 16.7 Å². The molecule has 0 unspecified atom stereocenters. The zero-order valence-electron chi connectivity index (χ0n) is 13.4. The number of hydrogen-bond acceptors (Lipinski definition) is 3. The molecule has 23 heavy (non-hydrogen) atoms. The Bertz CT molecular complexity index is 701. The lowest BCUT2D eigenvalue weighted by atomic mass is 10.1. The summed E-state index contributed by atoms with van der Waals surface area (Å²) in [5.41, 5.74) is 6.36. The first kappa shape index (κ1) is 17.0. The van der Waals surface area contributed by atoms with E-state index in [-0.39, 0.29) is 12.5 Å². The Morgan fingerprint density at radius 1 is 1.17 bits per heavy atom. The molecule has 0 atom stereocenters. The summed E-state index contributed by atoms with van der Waals surface area (Å²) in [5.74, 6) is 0.292. The van der Waals surface area contributed by atoms with Gasteiger partial charge in [-0.2, -0.15) is 5.10 Å². The van der Waals surface area contributed by atoms with E-state index in [9.17, 15) is 4.79 Å². The molecule has 0 spiro atoms. The molecule has 2 aromatic rings. The summed E-state index contributed by atoms with van der Waals surface area (Å²) in [6, 6.07) is 11.4. The Morgan fingerprint density at radius 2 is 1.78 bits per heavy atom. The molecule has 2 rings (SSSR count). The summed E-state index contributed by atoms with van der Waals surface area (Å²) in [6.45, 7) is 5.70. The van der Waals surface area contributed by atoms with Gasteiger partial charge >= 0.3 is 0 Å². The van der Waals surface area contributed by atoms with E-state index in [1.807, 2.05) is 45.0 Å². The number of hydrazone groups is 1. The molecule has 1 amide bonds. The van der Waals surface area contributed by atoms with Crippen LogP contribution < -0.4 is 10.2 Å². The second-order valence-electron chi connectivity index (χ2n) is 5.36. The lowest BCUT2D eigenvalue weighted by Crippen LogP contribution is -2.24. The zero-order valence-corrected chi connectivity index (χ0v) is 14.1. The highest BCUT2D eigenvalue weighted by Crippen LogP contribution is 2.25. The molecule has 0 aliphatic rings. The molecule has 0 saturated carbocycles. The van der Waals surface area contributed by atoms with Crippen LogP contribution in [0.2, 0.25) is 5.02 Å². The molecule has 5 heteroatoms. The minimum atomic E-state index is -0.321. The van der Waals surface area contributed by atoms with Crippen molar-refractivity contribution in [2.75, 3.05) is 6.61 Å². The van der Waals surface area contributed by atoms with Gasteiger partial charge in [0.2, 0.25) is 0 Å². The first-order chi connectivity index (χ1) is 11.0. The lowest BCUT2D eigenvalue weighted by molar-refractivity contribution is -0.123. The van der Waals surface area contributed by atoms with E-state index < -0.39 is 0 Å². The number of benzene rings is 2. The van der Waals surface area contributed by atoms with Crippen molar-refractivity contribution in [2.45, 2.75) is 20.8 Å². The molecule has 0 aliphatic heterocycles. The molecule has 120 valence electrons. The Balaban J connectivity index is 1.84. The van der Waals surface area contributed by atoms with Gasteiger partial charge in [0.1, 0.15) is 5.75 Å². The third-order valence-corrected chi connectivity index (χ3v) is 3.86. The normalized spacial score (nSPS) is 10.8. The van der Waals surface area contributed by atoms with E-state index >= 15 is 0 Å².